The monoisotopic (exact) mass is 382 g/mol. The maximum absolute atomic E-state index is 13.0. The molecule has 0 spiro atoms. The molecule has 0 radical (unpaired) electrons. The number of benzene rings is 1. The molecule has 9 nitrogen and oxygen atoms in total. The van der Waals surface area contributed by atoms with Crippen molar-refractivity contribution in [1.29, 1.82) is 0 Å². The lowest BCUT2D eigenvalue weighted by Gasteiger charge is -2.34. The number of sulfonamides is 1. The minimum atomic E-state index is -3.95. The Hall–Kier alpha value is -2.01. The Labute approximate surface area is 153 Å². The Bertz CT molecular complexity index is 785. The zero-order valence-corrected chi connectivity index (χ0v) is 15.8. The zero-order valence-electron chi connectivity index (χ0n) is 15.0. The molecule has 1 fully saturated rings. The fourth-order valence-corrected chi connectivity index (χ4v) is 4.45. The van der Waals surface area contributed by atoms with Gasteiger partial charge in [0.05, 0.1) is 17.6 Å². The summed E-state index contributed by atoms with van der Waals surface area (Å²) in [5.74, 6) is 5.06. The number of nitrogens with one attached hydrogen (secondary N) is 2. The number of hydrogen-bond donors (Lipinski definition) is 4. The van der Waals surface area contributed by atoms with Crippen LogP contribution >= 0.6 is 0 Å². The molecule has 26 heavy (non-hydrogen) atoms. The van der Waals surface area contributed by atoms with E-state index in [0.29, 0.717) is 18.4 Å². The minimum absolute atomic E-state index is 0.0632. The lowest BCUT2D eigenvalue weighted by molar-refractivity contribution is -0.114. The molecule has 2 rings (SSSR count). The van der Waals surface area contributed by atoms with Crippen LogP contribution in [0.15, 0.2) is 28.2 Å². The first-order chi connectivity index (χ1) is 12.1. The van der Waals surface area contributed by atoms with E-state index in [0.717, 1.165) is 24.4 Å². The number of anilines is 1. The third-order valence-electron chi connectivity index (χ3n) is 4.08. The molecule has 1 saturated carbocycles. The molecule has 10 heteroatoms. The predicted octanol–water partition coefficient (Wildman–Crippen LogP) is 0.682. The molecule has 1 aliphatic carbocycles. The number of hydrazone groups is 1. The zero-order chi connectivity index (χ0) is 19.4. The Morgan fingerprint density at radius 1 is 1.31 bits per heavy atom. The van der Waals surface area contributed by atoms with Crippen molar-refractivity contribution in [2.24, 2.45) is 16.7 Å². The predicted molar refractivity (Wildman–Crippen MR) is 101 cm³/mol. The van der Waals surface area contributed by atoms with Crippen LogP contribution in [0.2, 0.25) is 0 Å². The van der Waals surface area contributed by atoms with Crippen LogP contribution in [-0.4, -0.2) is 38.4 Å². The molecule has 6 N–H and O–H groups in total. The van der Waals surface area contributed by atoms with E-state index in [4.69, 9.17) is 11.6 Å². The highest BCUT2D eigenvalue weighted by atomic mass is 32.2. The number of nitrogens with zero attached hydrogens (tertiary/aromatic N) is 2. The number of hydrogen-bond acceptors (Lipinski definition) is 7. The van der Waals surface area contributed by atoms with E-state index in [1.54, 1.807) is 13.1 Å². The van der Waals surface area contributed by atoms with Gasteiger partial charge in [0.2, 0.25) is 15.9 Å². The van der Waals surface area contributed by atoms with Crippen LogP contribution in [-0.2, 0) is 14.8 Å². The standard InChI is InChI=1S/C16H26N6O3S/c1-12(23)20-14-7-6-13(11-19-22(2)18)10-15(14)26(24,25)21-16(17)8-4-3-5-9-16/h6-7,10-11,21H,3-5,8-9,17-18H2,1-2H3,(H,20,23). The van der Waals surface area contributed by atoms with Crippen LogP contribution in [0.4, 0.5) is 5.69 Å². The number of nitrogens with two attached hydrogens (primary N) is 2. The van der Waals surface area contributed by atoms with Crippen LogP contribution in [0, 0.1) is 0 Å². The summed E-state index contributed by atoms with van der Waals surface area (Å²) < 4.78 is 28.6. The van der Waals surface area contributed by atoms with Crippen molar-refractivity contribution in [1.82, 2.24) is 9.84 Å². The Morgan fingerprint density at radius 3 is 2.54 bits per heavy atom. The topological polar surface area (TPSA) is 143 Å². The second kappa shape index (κ2) is 8.12. The minimum Gasteiger partial charge on any atom is -0.325 e. The van der Waals surface area contributed by atoms with Gasteiger partial charge in [-0.15, -0.1) is 0 Å². The van der Waals surface area contributed by atoms with Crippen LogP contribution in [0.25, 0.3) is 0 Å². The average Bonchev–Trinajstić information content (AvgIpc) is 2.52. The Balaban J connectivity index is 2.41. The smallest absolute Gasteiger partial charge is 0.244 e. The summed E-state index contributed by atoms with van der Waals surface area (Å²) in [6.07, 6.45) is 5.34. The van der Waals surface area contributed by atoms with Crippen molar-refractivity contribution in [2.45, 2.75) is 49.6 Å². The molecular weight excluding hydrogens is 356 g/mol. The highest BCUT2D eigenvalue weighted by molar-refractivity contribution is 7.89. The Kier molecular flexibility index (Phi) is 6.34. The van der Waals surface area contributed by atoms with Crippen molar-refractivity contribution >= 4 is 27.8 Å². The van der Waals surface area contributed by atoms with Crippen molar-refractivity contribution in [3.05, 3.63) is 23.8 Å². The summed E-state index contributed by atoms with van der Waals surface area (Å²) in [6.45, 7) is 1.31. The maximum atomic E-state index is 13.0. The van der Waals surface area contributed by atoms with Gasteiger partial charge < -0.3 is 11.1 Å². The van der Waals surface area contributed by atoms with Gasteiger partial charge in [-0.1, -0.05) is 25.3 Å². The summed E-state index contributed by atoms with van der Waals surface area (Å²) in [6, 6.07) is 4.57. The van der Waals surface area contributed by atoms with Gasteiger partial charge in [0.25, 0.3) is 0 Å². The second-order valence-corrected chi connectivity index (χ2v) is 8.23. The van der Waals surface area contributed by atoms with Crippen molar-refractivity contribution in [3.8, 4) is 0 Å². The van der Waals surface area contributed by atoms with E-state index in [2.05, 4.69) is 15.1 Å². The van der Waals surface area contributed by atoms with Crippen LogP contribution in [0.1, 0.15) is 44.6 Å². The first kappa shape index (κ1) is 20.3. The maximum Gasteiger partial charge on any atom is 0.244 e. The molecule has 1 aromatic rings. The number of amides is 1. The van der Waals surface area contributed by atoms with E-state index >= 15 is 0 Å². The first-order valence-corrected chi connectivity index (χ1v) is 9.86. The molecule has 1 amide bonds. The summed E-state index contributed by atoms with van der Waals surface area (Å²) >= 11 is 0. The van der Waals surface area contributed by atoms with E-state index < -0.39 is 15.7 Å². The average molecular weight is 382 g/mol. The molecule has 0 aliphatic heterocycles. The molecule has 0 bridgehead atoms. The van der Waals surface area contributed by atoms with Crippen molar-refractivity contribution < 1.29 is 13.2 Å². The quantitative estimate of drug-likeness (QED) is 0.247. The SMILES string of the molecule is CC(=O)Nc1ccc(C=NN(C)N)cc1S(=O)(=O)NC1(N)CCCCC1. The van der Waals surface area contributed by atoms with Crippen molar-refractivity contribution in [3.63, 3.8) is 0 Å². The molecule has 144 valence electrons. The fourth-order valence-electron chi connectivity index (χ4n) is 2.90. The third kappa shape index (κ3) is 5.49. The number of carbonyl (C=O) groups is 1. The molecule has 1 aromatic carbocycles. The second-order valence-electron chi connectivity index (χ2n) is 6.58. The van der Waals surface area contributed by atoms with Crippen molar-refractivity contribution in [2.75, 3.05) is 12.4 Å². The molecule has 0 aromatic heterocycles. The highest BCUT2D eigenvalue weighted by Gasteiger charge is 2.33. The number of rotatable bonds is 6. The Morgan fingerprint density at radius 2 is 1.96 bits per heavy atom. The van der Waals surface area contributed by atoms with E-state index in [-0.39, 0.29) is 16.5 Å². The molecule has 1 aliphatic rings. The largest absolute Gasteiger partial charge is 0.325 e. The summed E-state index contributed by atoms with van der Waals surface area (Å²) in [7, 11) is -2.41. The molecule has 0 atom stereocenters. The molecule has 0 heterocycles. The lowest BCUT2D eigenvalue weighted by atomic mass is 9.91. The van der Waals surface area contributed by atoms with Crippen LogP contribution in [0.5, 0.6) is 0 Å². The first-order valence-electron chi connectivity index (χ1n) is 8.38. The fraction of sp³-hybridized carbons (Fsp3) is 0.500. The summed E-state index contributed by atoms with van der Waals surface area (Å²) in [5.41, 5.74) is 5.97. The van der Waals surface area contributed by atoms with E-state index in [1.807, 2.05) is 0 Å². The lowest BCUT2D eigenvalue weighted by Crippen LogP contribution is -2.56. The van der Waals surface area contributed by atoms with Gasteiger partial charge in [-0.05, 0) is 30.5 Å². The summed E-state index contributed by atoms with van der Waals surface area (Å²) in [4.78, 5) is 11.4. The van der Waals surface area contributed by atoms with Gasteiger partial charge >= 0.3 is 0 Å². The number of carbonyl (C=O) groups excluding carboxylic acids is 1. The van der Waals surface area contributed by atoms with Crippen LogP contribution in [0.3, 0.4) is 0 Å². The highest BCUT2D eigenvalue weighted by Crippen LogP contribution is 2.28. The third-order valence-corrected chi connectivity index (χ3v) is 5.67. The van der Waals surface area contributed by atoms with Gasteiger partial charge in [-0.2, -0.15) is 9.82 Å². The molecule has 0 saturated heterocycles. The van der Waals surface area contributed by atoms with E-state index in [9.17, 15) is 13.2 Å². The normalized spacial score (nSPS) is 17.2. The molecular formula is C16H26N6O3S. The van der Waals surface area contributed by atoms with Gasteiger partial charge in [0.1, 0.15) is 4.90 Å². The number of hydrazine groups is 1. The molecule has 0 unspecified atom stereocenters. The van der Waals surface area contributed by atoms with Gasteiger partial charge in [-0.3, -0.25) is 4.79 Å². The van der Waals surface area contributed by atoms with Crippen LogP contribution < -0.4 is 21.6 Å². The van der Waals surface area contributed by atoms with Gasteiger partial charge in [0, 0.05) is 14.0 Å². The summed E-state index contributed by atoms with van der Waals surface area (Å²) in [5, 5.41) is 7.54. The van der Waals surface area contributed by atoms with Gasteiger partial charge in [0.15, 0.2) is 0 Å². The van der Waals surface area contributed by atoms with E-state index in [1.165, 1.54) is 25.3 Å². The van der Waals surface area contributed by atoms with Gasteiger partial charge in [-0.25, -0.2) is 19.4 Å².